The highest BCUT2D eigenvalue weighted by molar-refractivity contribution is 6.85. The normalized spacial score (nSPS) is 11.2. The summed E-state index contributed by atoms with van der Waals surface area (Å²) in [6, 6.07) is 17.9. The van der Waals surface area contributed by atoms with E-state index in [1.165, 1.54) is 5.19 Å². The number of benzene rings is 2. The van der Waals surface area contributed by atoms with E-state index >= 15 is 0 Å². The van der Waals surface area contributed by atoms with E-state index in [1.807, 2.05) is 42.5 Å². The number of anilines is 1. The third-order valence-corrected chi connectivity index (χ3v) is 5.19. The van der Waals surface area contributed by atoms with Crippen LogP contribution in [0.25, 0.3) is 0 Å². The lowest BCUT2D eigenvalue weighted by molar-refractivity contribution is 0.564. The molecule has 0 saturated heterocycles. The van der Waals surface area contributed by atoms with Crippen molar-refractivity contribution in [3.8, 4) is 5.75 Å². The molecule has 0 fully saturated rings. The van der Waals surface area contributed by atoms with Gasteiger partial charge in [-0.15, -0.1) is 0 Å². The van der Waals surface area contributed by atoms with Gasteiger partial charge in [-0.2, -0.15) is 0 Å². The summed E-state index contributed by atoms with van der Waals surface area (Å²) >= 11 is 0. The minimum absolute atomic E-state index is 0.790. The van der Waals surface area contributed by atoms with Gasteiger partial charge in [0.05, 0.1) is 0 Å². The van der Waals surface area contributed by atoms with Gasteiger partial charge in [-0.25, -0.2) is 0 Å². The fourth-order valence-corrected chi connectivity index (χ4v) is 3.54. The van der Waals surface area contributed by atoms with Crippen LogP contribution in [0.3, 0.4) is 0 Å². The molecule has 88 valence electrons. The number of nitrogens with two attached hydrogens (primary N) is 1. The summed E-state index contributed by atoms with van der Waals surface area (Å²) in [7, 11) is -1.90. The standard InChI is InChI=1S/C14H17NOSi/c1-17(2,14-10-8-12(15)9-11-14)16-13-6-4-3-5-7-13/h3-11H,15H2,1-2H3. The van der Waals surface area contributed by atoms with Gasteiger partial charge in [0.2, 0.25) is 0 Å². The van der Waals surface area contributed by atoms with Crippen molar-refractivity contribution in [1.29, 1.82) is 0 Å². The van der Waals surface area contributed by atoms with Crippen LogP contribution in [0.2, 0.25) is 13.1 Å². The first kappa shape index (κ1) is 11.7. The Kier molecular flexibility index (Phi) is 3.20. The first-order chi connectivity index (χ1) is 8.08. The highest BCUT2D eigenvalue weighted by Gasteiger charge is 2.26. The second-order valence-corrected chi connectivity index (χ2v) is 8.35. The monoisotopic (exact) mass is 243 g/mol. The van der Waals surface area contributed by atoms with Gasteiger partial charge in [-0.1, -0.05) is 30.3 Å². The van der Waals surface area contributed by atoms with Crippen molar-refractivity contribution in [3.05, 3.63) is 54.6 Å². The Bertz CT molecular complexity index is 479. The largest absolute Gasteiger partial charge is 0.540 e. The van der Waals surface area contributed by atoms with E-state index in [9.17, 15) is 0 Å². The maximum atomic E-state index is 6.13. The molecule has 0 aromatic heterocycles. The molecule has 0 aliphatic rings. The molecule has 2 N–H and O–H groups in total. The van der Waals surface area contributed by atoms with Gasteiger partial charge < -0.3 is 10.2 Å². The lowest BCUT2D eigenvalue weighted by Gasteiger charge is -2.24. The summed E-state index contributed by atoms with van der Waals surface area (Å²) in [5, 5.41) is 1.25. The molecular weight excluding hydrogens is 226 g/mol. The Morgan fingerprint density at radius 3 is 2.06 bits per heavy atom. The van der Waals surface area contributed by atoms with E-state index in [-0.39, 0.29) is 0 Å². The fourth-order valence-electron chi connectivity index (χ4n) is 1.73. The molecular formula is C14H17NOSi. The number of rotatable bonds is 3. The van der Waals surface area contributed by atoms with Gasteiger partial charge in [0.1, 0.15) is 5.75 Å². The Hall–Kier alpha value is -1.74. The summed E-state index contributed by atoms with van der Waals surface area (Å²) in [6.45, 7) is 4.37. The van der Waals surface area contributed by atoms with Crippen LogP contribution in [0.1, 0.15) is 0 Å². The highest BCUT2D eigenvalue weighted by atomic mass is 28.4. The predicted molar refractivity (Wildman–Crippen MR) is 75.0 cm³/mol. The Morgan fingerprint density at radius 1 is 0.882 bits per heavy atom. The molecule has 0 heterocycles. The molecule has 0 amide bonds. The lowest BCUT2D eigenvalue weighted by Crippen LogP contribution is -2.47. The maximum Gasteiger partial charge on any atom is 0.276 e. The molecule has 0 bridgehead atoms. The summed E-state index contributed by atoms with van der Waals surface area (Å²) < 4.78 is 6.13. The van der Waals surface area contributed by atoms with E-state index < -0.39 is 8.32 Å². The van der Waals surface area contributed by atoms with E-state index in [2.05, 4.69) is 25.2 Å². The quantitative estimate of drug-likeness (QED) is 0.664. The second kappa shape index (κ2) is 4.63. The van der Waals surface area contributed by atoms with Crippen molar-refractivity contribution in [2.75, 3.05) is 5.73 Å². The van der Waals surface area contributed by atoms with Crippen LogP contribution in [0, 0.1) is 0 Å². The Balaban J connectivity index is 2.21. The molecule has 17 heavy (non-hydrogen) atoms. The smallest absolute Gasteiger partial charge is 0.276 e. The van der Waals surface area contributed by atoms with Gasteiger partial charge in [0, 0.05) is 5.69 Å². The Labute approximate surface area is 103 Å². The van der Waals surface area contributed by atoms with Gasteiger partial charge >= 0.3 is 0 Å². The third-order valence-electron chi connectivity index (χ3n) is 2.72. The average molecular weight is 243 g/mol. The number of hydrogen-bond donors (Lipinski definition) is 1. The molecule has 0 atom stereocenters. The van der Waals surface area contributed by atoms with Crippen molar-refractivity contribution in [1.82, 2.24) is 0 Å². The van der Waals surface area contributed by atoms with Crippen molar-refractivity contribution >= 4 is 19.2 Å². The van der Waals surface area contributed by atoms with Crippen molar-refractivity contribution in [2.45, 2.75) is 13.1 Å². The Morgan fingerprint density at radius 2 is 1.47 bits per heavy atom. The molecule has 2 aromatic carbocycles. The molecule has 2 rings (SSSR count). The zero-order valence-corrected chi connectivity index (χ0v) is 11.2. The topological polar surface area (TPSA) is 35.2 Å². The van der Waals surface area contributed by atoms with Gasteiger partial charge in [-0.3, -0.25) is 0 Å². The summed E-state index contributed by atoms with van der Waals surface area (Å²) in [5.41, 5.74) is 6.49. The molecule has 2 aromatic rings. The summed E-state index contributed by atoms with van der Waals surface area (Å²) in [4.78, 5) is 0. The molecule has 0 aliphatic heterocycles. The third kappa shape index (κ3) is 2.88. The SMILES string of the molecule is C[Si](C)(Oc1ccccc1)c1ccc(N)cc1. The van der Waals surface area contributed by atoms with Gasteiger partial charge in [0.25, 0.3) is 8.32 Å². The molecule has 3 heteroatoms. The molecule has 0 spiro atoms. The molecule has 0 saturated carbocycles. The van der Waals surface area contributed by atoms with Crippen molar-refractivity contribution in [2.24, 2.45) is 0 Å². The van der Waals surface area contributed by atoms with E-state index in [4.69, 9.17) is 10.2 Å². The summed E-state index contributed by atoms with van der Waals surface area (Å²) in [6.07, 6.45) is 0. The van der Waals surface area contributed by atoms with Crippen LogP contribution >= 0.6 is 0 Å². The minimum atomic E-state index is -1.90. The van der Waals surface area contributed by atoms with E-state index in [1.54, 1.807) is 0 Å². The fraction of sp³-hybridized carbons (Fsp3) is 0.143. The molecule has 0 radical (unpaired) electrons. The number of para-hydroxylation sites is 1. The zero-order valence-electron chi connectivity index (χ0n) is 10.2. The molecule has 2 nitrogen and oxygen atoms in total. The molecule has 0 aliphatic carbocycles. The average Bonchev–Trinajstić information content (AvgIpc) is 2.30. The highest BCUT2D eigenvalue weighted by Crippen LogP contribution is 2.15. The van der Waals surface area contributed by atoms with Crippen LogP contribution in [0.5, 0.6) is 5.75 Å². The second-order valence-electron chi connectivity index (χ2n) is 4.55. The van der Waals surface area contributed by atoms with Crippen LogP contribution in [-0.2, 0) is 0 Å². The first-order valence-electron chi connectivity index (χ1n) is 5.68. The van der Waals surface area contributed by atoms with E-state index in [0.717, 1.165) is 11.4 Å². The van der Waals surface area contributed by atoms with Crippen molar-refractivity contribution in [3.63, 3.8) is 0 Å². The van der Waals surface area contributed by atoms with Gasteiger partial charge in [0.15, 0.2) is 0 Å². The minimum Gasteiger partial charge on any atom is -0.540 e. The predicted octanol–water partition coefficient (Wildman–Crippen LogP) is 2.76. The van der Waals surface area contributed by atoms with Crippen LogP contribution in [-0.4, -0.2) is 8.32 Å². The van der Waals surface area contributed by atoms with Crippen LogP contribution < -0.4 is 15.3 Å². The van der Waals surface area contributed by atoms with Crippen LogP contribution in [0.4, 0.5) is 5.69 Å². The molecule has 0 unspecified atom stereocenters. The number of hydrogen-bond acceptors (Lipinski definition) is 2. The summed E-state index contributed by atoms with van der Waals surface area (Å²) in [5.74, 6) is 0.931. The lowest BCUT2D eigenvalue weighted by atomic mass is 10.3. The van der Waals surface area contributed by atoms with E-state index in [0.29, 0.717) is 0 Å². The van der Waals surface area contributed by atoms with Crippen molar-refractivity contribution < 1.29 is 4.43 Å². The zero-order chi connectivity index (χ0) is 12.3. The number of nitrogen functional groups attached to an aromatic ring is 1. The first-order valence-corrected chi connectivity index (χ1v) is 8.59. The maximum absolute atomic E-state index is 6.13. The van der Waals surface area contributed by atoms with Gasteiger partial charge in [-0.05, 0) is 42.5 Å². The van der Waals surface area contributed by atoms with Crippen LogP contribution in [0.15, 0.2) is 54.6 Å².